The lowest BCUT2D eigenvalue weighted by atomic mass is 9.99. The number of carbonyl (C=O) groups excluding carboxylic acids is 1. The molecule has 0 amide bonds. The summed E-state index contributed by atoms with van der Waals surface area (Å²) < 4.78 is 23.0. The maximum absolute atomic E-state index is 13.0. The molecule has 21 heavy (non-hydrogen) atoms. The Labute approximate surface area is 120 Å². The van der Waals surface area contributed by atoms with Gasteiger partial charge in [-0.2, -0.15) is 0 Å². The molecular formula is C16H12FNO3. The highest BCUT2D eigenvalue weighted by Crippen LogP contribution is 2.39. The van der Waals surface area contributed by atoms with E-state index in [1.54, 1.807) is 25.1 Å². The number of fused-ring (bicyclic) bond motifs is 1. The number of esters is 1. The highest BCUT2D eigenvalue weighted by molar-refractivity contribution is 6.00. The molecule has 1 aliphatic carbocycles. The first kappa shape index (κ1) is 13.3. The van der Waals surface area contributed by atoms with Crippen LogP contribution in [0.25, 0.3) is 22.3 Å². The number of nitrogens with zero attached hydrogens (tertiary/aromatic N) is 1. The van der Waals surface area contributed by atoms with Crippen molar-refractivity contribution in [1.29, 1.82) is 0 Å². The van der Waals surface area contributed by atoms with E-state index >= 15 is 0 Å². The number of methoxy groups -OCH3 is 1. The van der Waals surface area contributed by atoms with Gasteiger partial charge in [0, 0.05) is 11.1 Å². The number of ether oxygens (including phenoxy) is 1. The number of hydrogen-bond acceptors (Lipinski definition) is 4. The molecule has 2 aliphatic rings. The molecule has 1 aromatic rings. The highest BCUT2D eigenvalue weighted by atomic mass is 19.1. The topological polar surface area (TPSA) is 52.3 Å². The summed E-state index contributed by atoms with van der Waals surface area (Å²) in [5.74, 6) is -0.269. The fourth-order valence-electron chi connectivity index (χ4n) is 2.38. The molecule has 0 aromatic heterocycles. The largest absolute Gasteiger partial charge is 0.464 e. The standard InChI is InChI=1S/C16H12FNO3/c1-9-14-12(10-3-5-11(17)6-4-10)7-8-13(14)15(18-21-9)16(19)20-2/h3-8H,1-2H3. The third-order valence-electron chi connectivity index (χ3n) is 3.37. The molecule has 0 atom stereocenters. The Morgan fingerprint density at radius 1 is 1.14 bits per heavy atom. The average molecular weight is 285 g/mol. The van der Waals surface area contributed by atoms with Crippen LogP contribution in [-0.2, 0) is 4.74 Å². The minimum absolute atomic E-state index is 0.131. The fraction of sp³-hybridized carbons (Fsp3) is 0.125. The molecule has 0 unspecified atom stereocenters. The molecule has 1 heterocycles. The van der Waals surface area contributed by atoms with Crippen LogP contribution >= 0.6 is 0 Å². The summed E-state index contributed by atoms with van der Waals surface area (Å²) in [7, 11) is 1.29. The van der Waals surface area contributed by atoms with Gasteiger partial charge in [-0.25, -0.2) is 9.18 Å². The number of aromatic nitrogens is 1. The number of carbonyl (C=O) groups is 1. The fourth-order valence-corrected chi connectivity index (χ4v) is 2.38. The minimum atomic E-state index is -0.556. The molecule has 0 spiro atoms. The first-order valence-corrected chi connectivity index (χ1v) is 6.35. The number of benzene rings is 1. The van der Waals surface area contributed by atoms with Gasteiger partial charge in [0.25, 0.3) is 0 Å². The summed E-state index contributed by atoms with van der Waals surface area (Å²) in [4.78, 5) is 11.7. The average Bonchev–Trinajstić information content (AvgIpc) is 2.93. The lowest BCUT2D eigenvalue weighted by Gasteiger charge is -2.09. The Morgan fingerprint density at radius 3 is 2.48 bits per heavy atom. The van der Waals surface area contributed by atoms with Crippen molar-refractivity contribution in [2.24, 2.45) is 0 Å². The highest BCUT2D eigenvalue weighted by Gasteiger charge is 2.24. The van der Waals surface area contributed by atoms with Gasteiger partial charge in [0.15, 0.2) is 5.69 Å². The van der Waals surface area contributed by atoms with E-state index in [-0.39, 0.29) is 11.5 Å². The summed E-state index contributed by atoms with van der Waals surface area (Å²) >= 11 is 0. The summed E-state index contributed by atoms with van der Waals surface area (Å²) in [6, 6.07) is 9.79. The van der Waals surface area contributed by atoms with Crippen LogP contribution in [0.3, 0.4) is 0 Å². The zero-order chi connectivity index (χ0) is 15.0. The van der Waals surface area contributed by atoms with Crippen molar-refractivity contribution in [2.45, 2.75) is 6.92 Å². The Hall–Kier alpha value is -2.69. The molecule has 0 fully saturated rings. The molecule has 4 nitrogen and oxygen atoms in total. The van der Waals surface area contributed by atoms with Crippen LogP contribution in [0.4, 0.5) is 4.39 Å². The van der Waals surface area contributed by atoms with E-state index in [1.807, 2.05) is 6.07 Å². The molecule has 0 saturated carbocycles. The molecule has 1 aromatic carbocycles. The van der Waals surface area contributed by atoms with Gasteiger partial charge in [-0.05, 0) is 30.2 Å². The van der Waals surface area contributed by atoms with Crippen molar-refractivity contribution in [3.05, 3.63) is 53.7 Å². The lowest BCUT2D eigenvalue weighted by molar-refractivity contribution is 0.0585. The molecule has 0 N–H and O–H groups in total. The number of hydrogen-bond donors (Lipinski definition) is 0. The van der Waals surface area contributed by atoms with E-state index in [2.05, 4.69) is 5.16 Å². The van der Waals surface area contributed by atoms with Gasteiger partial charge < -0.3 is 9.26 Å². The summed E-state index contributed by atoms with van der Waals surface area (Å²) in [5.41, 5.74) is 3.26. The Morgan fingerprint density at radius 2 is 1.81 bits per heavy atom. The molecule has 3 rings (SSSR count). The Bertz CT molecular complexity index is 777. The van der Waals surface area contributed by atoms with Crippen molar-refractivity contribution in [3.8, 4) is 22.3 Å². The van der Waals surface area contributed by atoms with Crippen molar-refractivity contribution >= 4 is 5.97 Å². The van der Waals surface area contributed by atoms with E-state index in [4.69, 9.17) is 9.26 Å². The van der Waals surface area contributed by atoms with Crippen LogP contribution in [0.5, 0.6) is 0 Å². The monoisotopic (exact) mass is 285 g/mol. The summed E-state index contributed by atoms with van der Waals surface area (Å²) in [5, 5.41) is 3.79. The molecule has 5 heteroatoms. The van der Waals surface area contributed by atoms with Gasteiger partial charge in [-0.15, -0.1) is 0 Å². The molecule has 1 aliphatic heterocycles. The summed E-state index contributed by atoms with van der Waals surface area (Å²) in [6.45, 7) is 1.77. The third kappa shape index (κ3) is 2.16. The van der Waals surface area contributed by atoms with Crippen LogP contribution in [0.1, 0.15) is 16.2 Å². The second-order valence-electron chi connectivity index (χ2n) is 4.62. The zero-order valence-corrected chi connectivity index (χ0v) is 11.5. The third-order valence-corrected chi connectivity index (χ3v) is 3.37. The SMILES string of the molecule is COC(=O)c1noc(C)c2c(-c3ccc(F)cc3)ccc1-2. The first-order valence-electron chi connectivity index (χ1n) is 6.35. The predicted molar refractivity (Wildman–Crippen MR) is 74.6 cm³/mol. The van der Waals surface area contributed by atoms with Crippen LogP contribution < -0.4 is 0 Å². The van der Waals surface area contributed by atoms with Crippen molar-refractivity contribution < 1.29 is 18.4 Å². The second kappa shape index (κ2) is 5.01. The van der Waals surface area contributed by atoms with Crippen molar-refractivity contribution in [1.82, 2.24) is 5.16 Å². The van der Waals surface area contributed by atoms with E-state index in [0.29, 0.717) is 11.3 Å². The molecule has 106 valence electrons. The lowest BCUT2D eigenvalue weighted by Crippen LogP contribution is -2.07. The van der Waals surface area contributed by atoms with Crippen molar-refractivity contribution in [3.63, 3.8) is 0 Å². The molecule has 0 radical (unpaired) electrons. The molecule has 0 bridgehead atoms. The van der Waals surface area contributed by atoms with E-state index in [9.17, 15) is 9.18 Å². The first-order chi connectivity index (χ1) is 10.1. The van der Waals surface area contributed by atoms with Gasteiger partial charge in [-0.3, -0.25) is 0 Å². The number of halogens is 1. The van der Waals surface area contributed by atoms with E-state index in [1.165, 1.54) is 19.2 Å². The Balaban J connectivity index is 2.19. The predicted octanol–water partition coefficient (Wildman–Crippen LogP) is 3.68. The van der Waals surface area contributed by atoms with Gasteiger partial charge in [-0.1, -0.05) is 29.4 Å². The second-order valence-corrected chi connectivity index (χ2v) is 4.62. The van der Waals surface area contributed by atoms with Crippen LogP contribution in [0.2, 0.25) is 0 Å². The maximum atomic E-state index is 13.0. The zero-order valence-electron chi connectivity index (χ0n) is 11.5. The Kier molecular flexibility index (Phi) is 3.17. The number of aryl methyl sites for hydroxylation is 1. The molecular weight excluding hydrogens is 273 g/mol. The van der Waals surface area contributed by atoms with Crippen molar-refractivity contribution in [2.75, 3.05) is 7.11 Å². The van der Waals surface area contributed by atoms with Crippen LogP contribution in [-0.4, -0.2) is 18.2 Å². The number of rotatable bonds is 2. The summed E-state index contributed by atoms with van der Waals surface area (Å²) in [6.07, 6.45) is 0. The van der Waals surface area contributed by atoms with Gasteiger partial charge >= 0.3 is 5.97 Å². The van der Waals surface area contributed by atoms with E-state index in [0.717, 1.165) is 16.7 Å². The molecule has 0 saturated heterocycles. The van der Waals surface area contributed by atoms with E-state index < -0.39 is 5.97 Å². The van der Waals surface area contributed by atoms with Crippen LogP contribution in [0.15, 0.2) is 40.9 Å². The van der Waals surface area contributed by atoms with Gasteiger partial charge in [0.05, 0.1) is 7.11 Å². The van der Waals surface area contributed by atoms with Crippen LogP contribution in [0, 0.1) is 12.7 Å². The van der Waals surface area contributed by atoms with Gasteiger partial charge in [0.2, 0.25) is 0 Å². The van der Waals surface area contributed by atoms with Gasteiger partial charge in [0.1, 0.15) is 11.6 Å². The minimum Gasteiger partial charge on any atom is -0.464 e. The normalized spacial score (nSPS) is 10.8. The maximum Gasteiger partial charge on any atom is 0.360 e. The quantitative estimate of drug-likeness (QED) is 0.674. The smallest absolute Gasteiger partial charge is 0.360 e.